The number of carbonyl (C=O) groups excluding carboxylic acids is 3. The molecule has 1 aliphatic rings. The van der Waals surface area contributed by atoms with Gasteiger partial charge in [0.15, 0.2) is 5.78 Å². The summed E-state index contributed by atoms with van der Waals surface area (Å²) < 4.78 is 10.4. The van der Waals surface area contributed by atoms with Crippen LogP contribution in [0.15, 0.2) is 28.7 Å². The fraction of sp³-hybridized carbons (Fsp3) is 0.471. The van der Waals surface area contributed by atoms with Crippen molar-refractivity contribution in [3.8, 4) is 0 Å². The van der Waals surface area contributed by atoms with Crippen molar-refractivity contribution in [2.24, 2.45) is 11.8 Å². The number of hydrogen-bond acceptors (Lipinski definition) is 6. The lowest BCUT2D eigenvalue weighted by atomic mass is 9.62. The third-order valence-corrected chi connectivity index (χ3v) is 4.96. The zero-order valence-corrected chi connectivity index (χ0v) is 15.2. The number of benzene rings is 1. The van der Waals surface area contributed by atoms with Crippen LogP contribution in [-0.2, 0) is 23.9 Å². The Morgan fingerprint density at radius 2 is 1.71 bits per heavy atom. The summed E-state index contributed by atoms with van der Waals surface area (Å²) in [5.74, 6) is -4.95. The van der Waals surface area contributed by atoms with Gasteiger partial charge in [0.1, 0.15) is 5.92 Å². The van der Waals surface area contributed by atoms with Crippen LogP contribution in [0.5, 0.6) is 0 Å². The smallest absolute Gasteiger partial charge is 0.316 e. The number of rotatable bonds is 3. The minimum atomic E-state index is -1.62. The molecule has 0 bridgehead atoms. The number of halogens is 1. The second kappa shape index (κ2) is 7.03. The monoisotopic (exact) mass is 398 g/mol. The maximum Gasteiger partial charge on any atom is 0.316 e. The molecule has 0 saturated heterocycles. The van der Waals surface area contributed by atoms with E-state index in [9.17, 15) is 19.5 Å². The first-order chi connectivity index (χ1) is 11.2. The topological polar surface area (TPSA) is 89.9 Å². The molecule has 7 heteroatoms. The van der Waals surface area contributed by atoms with Crippen molar-refractivity contribution in [3.05, 3.63) is 34.3 Å². The maximum atomic E-state index is 12.5. The molecule has 2 rings (SSSR count). The third kappa shape index (κ3) is 3.37. The van der Waals surface area contributed by atoms with Crippen LogP contribution >= 0.6 is 15.9 Å². The molecule has 1 fully saturated rings. The number of hydrogen-bond donors (Lipinski definition) is 1. The average Bonchev–Trinajstić information content (AvgIpc) is 2.53. The van der Waals surface area contributed by atoms with Crippen LogP contribution in [0.4, 0.5) is 0 Å². The van der Waals surface area contributed by atoms with Crippen LogP contribution in [-0.4, -0.2) is 42.6 Å². The van der Waals surface area contributed by atoms with Crippen LogP contribution in [0, 0.1) is 11.8 Å². The van der Waals surface area contributed by atoms with Gasteiger partial charge >= 0.3 is 11.9 Å². The van der Waals surface area contributed by atoms with Gasteiger partial charge in [-0.1, -0.05) is 28.1 Å². The van der Waals surface area contributed by atoms with E-state index in [4.69, 9.17) is 9.47 Å². The van der Waals surface area contributed by atoms with Gasteiger partial charge in [0.25, 0.3) is 0 Å². The summed E-state index contributed by atoms with van der Waals surface area (Å²) in [4.78, 5) is 37.0. The molecule has 1 aromatic carbocycles. The number of aliphatic hydroxyl groups is 1. The lowest BCUT2D eigenvalue weighted by Gasteiger charge is -2.43. The number of Topliss-reactive ketones (excluding diaryl/α,β-unsaturated/α-hetero) is 1. The van der Waals surface area contributed by atoms with E-state index in [0.717, 1.165) is 4.47 Å². The fourth-order valence-corrected chi connectivity index (χ4v) is 3.62. The molecule has 1 aromatic rings. The zero-order chi connectivity index (χ0) is 18.1. The van der Waals surface area contributed by atoms with Gasteiger partial charge in [-0.2, -0.15) is 0 Å². The summed E-state index contributed by atoms with van der Waals surface area (Å²) in [5.41, 5.74) is -1.04. The Morgan fingerprint density at radius 1 is 1.17 bits per heavy atom. The van der Waals surface area contributed by atoms with Crippen molar-refractivity contribution in [2.45, 2.75) is 24.9 Å². The van der Waals surface area contributed by atoms with Crippen molar-refractivity contribution in [1.82, 2.24) is 0 Å². The molecule has 6 nitrogen and oxygen atoms in total. The number of carbonyl (C=O) groups is 3. The molecule has 1 N–H and O–H groups in total. The van der Waals surface area contributed by atoms with Gasteiger partial charge in [0, 0.05) is 16.8 Å². The van der Waals surface area contributed by atoms with E-state index in [-0.39, 0.29) is 6.42 Å². The van der Waals surface area contributed by atoms with Crippen molar-refractivity contribution in [2.75, 3.05) is 14.2 Å². The fourth-order valence-electron chi connectivity index (χ4n) is 3.35. The predicted molar refractivity (Wildman–Crippen MR) is 88.1 cm³/mol. The minimum Gasteiger partial charge on any atom is -0.469 e. The van der Waals surface area contributed by atoms with Gasteiger partial charge in [-0.05, 0) is 24.6 Å². The third-order valence-electron chi connectivity index (χ3n) is 4.43. The summed E-state index contributed by atoms with van der Waals surface area (Å²) >= 11 is 3.32. The SMILES string of the molecule is COC(=O)[C@@H]1C(=O)C[C@](C)(O)[C@H](C(=O)OC)[C@@H]1c1ccc(Br)cc1. The Bertz CT molecular complexity index is 652. The number of esters is 2. The quantitative estimate of drug-likeness (QED) is 0.616. The van der Waals surface area contributed by atoms with E-state index in [1.165, 1.54) is 21.1 Å². The lowest BCUT2D eigenvalue weighted by Crippen LogP contribution is -2.55. The largest absolute Gasteiger partial charge is 0.469 e. The van der Waals surface area contributed by atoms with Gasteiger partial charge in [-0.15, -0.1) is 0 Å². The molecule has 24 heavy (non-hydrogen) atoms. The zero-order valence-electron chi connectivity index (χ0n) is 13.6. The second-order valence-corrected chi connectivity index (χ2v) is 6.99. The summed E-state index contributed by atoms with van der Waals surface area (Å²) in [7, 11) is 2.40. The summed E-state index contributed by atoms with van der Waals surface area (Å²) in [6, 6.07) is 6.89. The first-order valence-corrected chi connectivity index (χ1v) is 8.18. The highest BCUT2D eigenvalue weighted by molar-refractivity contribution is 9.10. The van der Waals surface area contributed by atoms with E-state index in [2.05, 4.69) is 15.9 Å². The molecule has 0 amide bonds. The Balaban J connectivity index is 2.63. The van der Waals surface area contributed by atoms with Crippen molar-refractivity contribution >= 4 is 33.7 Å². The summed E-state index contributed by atoms with van der Waals surface area (Å²) in [6.07, 6.45) is -0.320. The Kier molecular flexibility index (Phi) is 5.45. The molecule has 1 saturated carbocycles. The highest BCUT2D eigenvalue weighted by atomic mass is 79.9. The molecule has 0 radical (unpaired) electrons. The first-order valence-electron chi connectivity index (χ1n) is 7.39. The standard InChI is InChI=1S/C17H19BrO6/c1-17(22)8-11(19)13(15(20)23-2)12(14(17)16(21)24-3)9-4-6-10(18)7-5-9/h4-7,12-14,22H,8H2,1-3H3/t12-,13-,14+,17+/m1/s1. The van der Waals surface area contributed by atoms with E-state index in [1.54, 1.807) is 24.3 Å². The average molecular weight is 399 g/mol. The highest BCUT2D eigenvalue weighted by Crippen LogP contribution is 2.46. The molecule has 0 spiro atoms. The van der Waals surface area contributed by atoms with Crippen LogP contribution in [0.25, 0.3) is 0 Å². The summed E-state index contributed by atoms with van der Waals surface area (Å²) in [5, 5.41) is 10.7. The minimum absolute atomic E-state index is 0.320. The van der Waals surface area contributed by atoms with Gasteiger partial charge in [-0.3, -0.25) is 14.4 Å². The number of methoxy groups -OCH3 is 2. The molecule has 0 aliphatic heterocycles. The van der Waals surface area contributed by atoms with Crippen LogP contribution < -0.4 is 0 Å². The van der Waals surface area contributed by atoms with Crippen molar-refractivity contribution in [1.29, 1.82) is 0 Å². The Morgan fingerprint density at radius 3 is 2.21 bits per heavy atom. The molecule has 130 valence electrons. The number of ketones is 1. The van der Waals surface area contributed by atoms with E-state index < -0.39 is 41.1 Å². The molecule has 0 unspecified atom stereocenters. The normalized spacial score (nSPS) is 29.9. The van der Waals surface area contributed by atoms with E-state index >= 15 is 0 Å². The van der Waals surface area contributed by atoms with Gasteiger partial charge in [0.05, 0.1) is 25.7 Å². The lowest BCUT2D eigenvalue weighted by molar-refractivity contribution is -0.170. The van der Waals surface area contributed by atoms with Crippen LogP contribution in [0.3, 0.4) is 0 Å². The van der Waals surface area contributed by atoms with Crippen LogP contribution in [0.1, 0.15) is 24.8 Å². The molecular formula is C17H19BrO6. The van der Waals surface area contributed by atoms with Gasteiger partial charge < -0.3 is 14.6 Å². The molecule has 1 aliphatic carbocycles. The van der Waals surface area contributed by atoms with Crippen molar-refractivity contribution in [3.63, 3.8) is 0 Å². The van der Waals surface area contributed by atoms with E-state index in [1.807, 2.05) is 0 Å². The van der Waals surface area contributed by atoms with Crippen LogP contribution in [0.2, 0.25) is 0 Å². The van der Waals surface area contributed by atoms with Crippen molar-refractivity contribution < 1.29 is 29.0 Å². The summed E-state index contributed by atoms with van der Waals surface area (Å²) in [6.45, 7) is 1.41. The second-order valence-electron chi connectivity index (χ2n) is 6.08. The van der Waals surface area contributed by atoms with Gasteiger partial charge in [-0.25, -0.2) is 0 Å². The number of ether oxygens (including phenoxy) is 2. The highest BCUT2D eigenvalue weighted by Gasteiger charge is 2.56. The van der Waals surface area contributed by atoms with Gasteiger partial charge in [0.2, 0.25) is 0 Å². The Hall–Kier alpha value is -1.73. The first kappa shape index (κ1) is 18.6. The molecule has 4 atom stereocenters. The van der Waals surface area contributed by atoms with E-state index in [0.29, 0.717) is 5.56 Å². The molecule has 0 heterocycles. The Labute approximate surface area is 148 Å². The predicted octanol–water partition coefficient (Wildman–Crippen LogP) is 1.83. The molecular weight excluding hydrogens is 380 g/mol. The maximum absolute atomic E-state index is 12.5. The molecule has 0 aromatic heterocycles.